The van der Waals surface area contributed by atoms with Crippen molar-refractivity contribution in [1.82, 2.24) is 4.90 Å². The van der Waals surface area contributed by atoms with Gasteiger partial charge in [0.1, 0.15) is 5.82 Å². The van der Waals surface area contributed by atoms with Crippen molar-refractivity contribution >= 4 is 5.78 Å². The minimum absolute atomic E-state index is 0.0278. The summed E-state index contributed by atoms with van der Waals surface area (Å²) < 4.78 is 18.3. The van der Waals surface area contributed by atoms with Gasteiger partial charge in [-0.25, -0.2) is 4.39 Å². The molecule has 1 rings (SSSR count). The van der Waals surface area contributed by atoms with E-state index in [1.54, 1.807) is 25.3 Å². The quantitative estimate of drug-likeness (QED) is 0.663. The Morgan fingerprint density at radius 3 is 2.78 bits per heavy atom. The van der Waals surface area contributed by atoms with Gasteiger partial charge in [-0.2, -0.15) is 0 Å². The Morgan fingerprint density at radius 2 is 2.11 bits per heavy atom. The zero-order chi connectivity index (χ0) is 13.4. The van der Waals surface area contributed by atoms with E-state index >= 15 is 0 Å². The van der Waals surface area contributed by atoms with Crippen LogP contribution in [-0.2, 0) is 16.0 Å². The van der Waals surface area contributed by atoms with Crippen LogP contribution in [-0.4, -0.2) is 44.5 Å². The number of hydrogen-bond donors (Lipinski definition) is 0. The minimum atomic E-state index is -0.312. The molecule has 0 aliphatic carbocycles. The Labute approximate surface area is 108 Å². The first-order chi connectivity index (χ1) is 8.63. The molecule has 0 amide bonds. The molecule has 100 valence electrons. The average molecular weight is 253 g/mol. The second kappa shape index (κ2) is 7.95. The summed E-state index contributed by atoms with van der Waals surface area (Å²) in [6, 6.07) is 6.40. The van der Waals surface area contributed by atoms with Crippen molar-refractivity contribution < 1.29 is 13.9 Å². The maximum atomic E-state index is 13.4. The predicted octanol–water partition coefficient (Wildman–Crippen LogP) is 1.91. The maximum absolute atomic E-state index is 13.4. The van der Waals surface area contributed by atoms with Crippen LogP contribution in [0.4, 0.5) is 4.39 Å². The van der Waals surface area contributed by atoms with Crippen molar-refractivity contribution in [2.75, 3.05) is 33.9 Å². The largest absolute Gasteiger partial charge is 0.385 e. The maximum Gasteiger partial charge on any atom is 0.151 e. The van der Waals surface area contributed by atoms with Crippen molar-refractivity contribution in [2.24, 2.45) is 0 Å². The van der Waals surface area contributed by atoms with Gasteiger partial charge in [0.05, 0.1) is 6.54 Å². The van der Waals surface area contributed by atoms with Crippen LogP contribution in [0.15, 0.2) is 24.3 Å². The summed E-state index contributed by atoms with van der Waals surface area (Å²) in [5.74, 6) is -0.284. The van der Waals surface area contributed by atoms with E-state index in [-0.39, 0.29) is 18.0 Å². The molecule has 18 heavy (non-hydrogen) atoms. The lowest BCUT2D eigenvalue weighted by molar-refractivity contribution is -0.119. The summed E-state index contributed by atoms with van der Waals surface area (Å²) in [7, 11) is 3.54. The molecule has 0 saturated carbocycles. The average Bonchev–Trinajstić information content (AvgIpc) is 2.32. The van der Waals surface area contributed by atoms with Crippen LogP contribution in [0.25, 0.3) is 0 Å². The van der Waals surface area contributed by atoms with Crippen LogP contribution < -0.4 is 0 Å². The molecule has 0 unspecified atom stereocenters. The molecule has 0 saturated heterocycles. The van der Waals surface area contributed by atoms with E-state index in [1.807, 2.05) is 11.9 Å². The number of halogens is 1. The van der Waals surface area contributed by atoms with Crippen molar-refractivity contribution in [3.8, 4) is 0 Å². The second-order valence-electron chi connectivity index (χ2n) is 4.39. The van der Waals surface area contributed by atoms with Crippen LogP contribution >= 0.6 is 0 Å². The highest BCUT2D eigenvalue weighted by Gasteiger charge is 2.10. The molecule has 0 aromatic heterocycles. The number of Topliss-reactive ketones (excluding diaryl/α,β-unsaturated/α-hetero) is 1. The van der Waals surface area contributed by atoms with Gasteiger partial charge in [0, 0.05) is 26.7 Å². The Kier molecular flexibility index (Phi) is 6.54. The number of nitrogens with zero attached hydrogens (tertiary/aromatic N) is 1. The molecule has 0 bridgehead atoms. The first-order valence-corrected chi connectivity index (χ1v) is 6.06. The van der Waals surface area contributed by atoms with E-state index in [0.717, 1.165) is 13.0 Å². The van der Waals surface area contributed by atoms with Gasteiger partial charge in [-0.15, -0.1) is 0 Å². The van der Waals surface area contributed by atoms with Gasteiger partial charge in [-0.05, 0) is 25.1 Å². The van der Waals surface area contributed by atoms with E-state index in [9.17, 15) is 9.18 Å². The van der Waals surface area contributed by atoms with Crippen LogP contribution in [0, 0.1) is 5.82 Å². The van der Waals surface area contributed by atoms with Crippen LogP contribution in [0.3, 0.4) is 0 Å². The number of rotatable bonds is 8. The summed E-state index contributed by atoms with van der Waals surface area (Å²) in [5.41, 5.74) is 0.466. The first kappa shape index (κ1) is 14.8. The van der Waals surface area contributed by atoms with Gasteiger partial charge in [0.2, 0.25) is 0 Å². The van der Waals surface area contributed by atoms with Crippen LogP contribution in [0.5, 0.6) is 0 Å². The summed E-state index contributed by atoms with van der Waals surface area (Å²) in [6.07, 6.45) is 1.04. The molecule has 0 heterocycles. The number of hydrogen-bond acceptors (Lipinski definition) is 3. The van der Waals surface area contributed by atoms with Crippen molar-refractivity contribution in [3.05, 3.63) is 35.6 Å². The monoisotopic (exact) mass is 253 g/mol. The smallest absolute Gasteiger partial charge is 0.151 e. The van der Waals surface area contributed by atoms with Crippen molar-refractivity contribution in [3.63, 3.8) is 0 Å². The normalized spacial score (nSPS) is 10.9. The molecule has 3 nitrogen and oxygen atoms in total. The summed E-state index contributed by atoms with van der Waals surface area (Å²) >= 11 is 0. The van der Waals surface area contributed by atoms with Crippen LogP contribution in [0.1, 0.15) is 12.0 Å². The van der Waals surface area contributed by atoms with E-state index in [0.29, 0.717) is 18.7 Å². The molecule has 0 N–H and O–H groups in total. The van der Waals surface area contributed by atoms with Gasteiger partial charge >= 0.3 is 0 Å². The number of ether oxygens (including phenoxy) is 1. The lowest BCUT2D eigenvalue weighted by Gasteiger charge is -2.15. The number of benzene rings is 1. The van der Waals surface area contributed by atoms with Gasteiger partial charge in [-0.3, -0.25) is 9.69 Å². The van der Waals surface area contributed by atoms with E-state index in [4.69, 9.17) is 4.74 Å². The highest BCUT2D eigenvalue weighted by Crippen LogP contribution is 2.07. The SMILES string of the molecule is COCCCN(C)CC(=O)Cc1ccccc1F. The third-order valence-corrected chi connectivity index (χ3v) is 2.68. The Balaban J connectivity index is 2.35. The molecule has 0 atom stereocenters. The first-order valence-electron chi connectivity index (χ1n) is 6.06. The summed E-state index contributed by atoms with van der Waals surface area (Å²) in [6.45, 7) is 1.83. The summed E-state index contributed by atoms with van der Waals surface area (Å²) in [4.78, 5) is 13.7. The molecule has 0 spiro atoms. The fourth-order valence-electron chi connectivity index (χ4n) is 1.77. The lowest BCUT2D eigenvalue weighted by Crippen LogP contribution is -2.28. The minimum Gasteiger partial charge on any atom is -0.385 e. The second-order valence-corrected chi connectivity index (χ2v) is 4.39. The molecular formula is C14H20FNO2. The molecule has 0 radical (unpaired) electrons. The standard InChI is InChI=1S/C14H20FNO2/c1-16(8-5-9-18-2)11-13(17)10-12-6-3-4-7-14(12)15/h3-4,6-7H,5,8-11H2,1-2H3. The zero-order valence-electron chi connectivity index (χ0n) is 11.0. The molecule has 0 aliphatic heterocycles. The Bertz CT molecular complexity index is 382. The van der Waals surface area contributed by atoms with Crippen molar-refractivity contribution in [1.29, 1.82) is 0 Å². The van der Waals surface area contributed by atoms with E-state index < -0.39 is 0 Å². The number of carbonyl (C=O) groups is 1. The highest BCUT2D eigenvalue weighted by atomic mass is 19.1. The van der Waals surface area contributed by atoms with Gasteiger partial charge in [0.25, 0.3) is 0 Å². The van der Waals surface area contributed by atoms with Crippen LogP contribution in [0.2, 0.25) is 0 Å². The summed E-state index contributed by atoms with van der Waals surface area (Å²) in [5, 5.41) is 0. The van der Waals surface area contributed by atoms with E-state index in [2.05, 4.69) is 0 Å². The third kappa shape index (κ3) is 5.38. The molecule has 0 aliphatic rings. The van der Waals surface area contributed by atoms with Gasteiger partial charge < -0.3 is 4.74 Å². The van der Waals surface area contributed by atoms with Gasteiger partial charge in [0.15, 0.2) is 5.78 Å². The molecule has 4 heteroatoms. The molecule has 0 fully saturated rings. The Hall–Kier alpha value is -1.26. The van der Waals surface area contributed by atoms with Gasteiger partial charge in [-0.1, -0.05) is 18.2 Å². The van der Waals surface area contributed by atoms with Crippen molar-refractivity contribution in [2.45, 2.75) is 12.8 Å². The number of carbonyl (C=O) groups excluding carboxylic acids is 1. The zero-order valence-corrected chi connectivity index (χ0v) is 11.0. The number of ketones is 1. The molecule has 1 aromatic carbocycles. The fraction of sp³-hybridized carbons (Fsp3) is 0.500. The number of likely N-dealkylation sites (N-methyl/N-ethyl adjacent to an activating group) is 1. The van der Waals surface area contributed by atoms with E-state index in [1.165, 1.54) is 6.07 Å². The fourth-order valence-corrected chi connectivity index (χ4v) is 1.77. The highest BCUT2D eigenvalue weighted by molar-refractivity contribution is 5.82. The lowest BCUT2D eigenvalue weighted by atomic mass is 10.1. The molecule has 1 aromatic rings. The number of methoxy groups -OCH3 is 1. The predicted molar refractivity (Wildman–Crippen MR) is 69.1 cm³/mol. The third-order valence-electron chi connectivity index (χ3n) is 2.68. The molecular weight excluding hydrogens is 233 g/mol. The Morgan fingerprint density at radius 1 is 1.39 bits per heavy atom. The topological polar surface area (TPSA) is 29.5 Å².